The van der Waals surface area contributed by atoms with Crippen LogP contribution < -0.4 is 0 Å². The molecule has 0 aromatic rings. The summed E-state index contributed by atoms with van der Waals surface area (Å²) in [5.41, 5.74) is 0. The molecule has 1 aliphatic rings. The van der Waals surface area contributed by atoms with Crippen molar-refractivity contribution in [1.82, 2.24) is 0 Å². The molecule has 0 bridgehead atoms. The van der Waals surface area contributed by atoms with Crippen LogP contribution in [0.4, 0.5) is 0 Å². The highest BCUT2D eigenvalue weighted by atomic mass is 16.5. The minimum Gasteiger partial charge on any atom is -0.400 e. The lowest BCUT2D eigenvalue weighted by molar-refractivity contribution is -0.115. The van der Waals surface area contributed by atoms with Crippen molar-refractivity contribution >= 4 is 0 Å². The van der Waals surface area contributed by atoms with Crippen molar-refractivity contribution in [2.75, 3.05) is 13.7 Å². The van der Waals surface area contributed by atoms with Gasteiger partial charge in [-0.05, 0) is 6.92 Å². The molecule has 4 heteroatoms. The Kier molecular flexibility index (Phi) is 5.41. The highest BCUT2D eigenvalue weighted by Crippen LogP contribution is 2.12. The van der Waals surface area contributed by atoms with E-state index in [2.05, 4.69) is 0 Å². The number of aliphatic hydroxyl groups is 3. The molecule has 4 nitrogen and oxygen atoms in total. The predicted octanol–water partition coefficient (Wildman–Crippen LogP) is -0.875. The van der Waals surface area contributed by atoms with E-state index in [-0.39, 0.29) is 6.10 Å². The molecule has 0 aromatic carbocycles. The smallest absolute Gasteiger partial charge is 0.0824 e. The summed E-state index contributed by atoms with van der Waals surface area (Å²) in [6, 6.07) is 0. The topological polar surface area (TPSA) is 69.9 Å². The lowest BCUT2D eigenvalue weighted by Crippen LogP contribution is -2.39. The minimum atomic E-state index is -0.492. The standard InChI is InChI=1S/C6H12O3.CH4O/c1-4-6(8)2-5(7)3-9-4;1-2/h4-8H,2-3H2,1H3;2H,1H3/t4-,5+,6+;/m1./s1. The third-order valence-corrected chi connectivity index (χ3v) is 1.61. The highest BCUT2D eigenvalue weighted by Gasteiger charge is 2.24. The van der Waals surface area contributed by atoms with Crippen LogP contribution >= 0.6 is 0 Å². The molecule has 1 saturated heterocycles. The summed E-state index contributed by atoms with van der Waals surface area (Å²) in [6.07, 6.45) is -0.639. The fourth-order valence-electron chi connectivity index (χ4n) is 0.912. The number of ether oxygens (including phenoxy) is 1. The van der Waals surface area contributed by atoms with Crippen LogP contribution in [0.5, 0.6) is 0 Å². The van der Waals surface area contributed by atoms with Gasteiger partial charge in [-0.15, -0.1) is 0 Å². The van der Waals surface area contributed by atoms with E-state index in [1.54, 1.807) is 6.92 Å². The molecule has 3 atom stereocenters. The number of aliphatic hydroxyl groups excluding tert-OH is 3. The van der Waals surface area contributed by atoms with E-state index < -0.39 is 12.2 Å². The SMILES string of the molecule is CO.C[C@H]1OC[C@@H](O)C[C@@H]1O. The Bertz CT molecular complexity index is 96.4. The molecule has 3 N–H and O–H groups in total. The van der Waals surface area contributed by atoms with Crippen LogP contribution in [-0.4, -0.2) is 47.3 Å². The van der Waals surface area contributed by atoms with Gasteiger partial charge < -0.3 is 20.1 Å². The summed E-state index contributed by atoms with van der Waals surface area (Å²) in [5.74, 6) is 0. The van der Waals surface area contributed by atoms with E-state index in [0.29, 0.717) is 13.0 Å². The van der Waals surface area contributed by atoms with Gasteiger partial charge in [-0.3, -0.25) is 0 Å². The molecule has 11 heavy (non-hydrogen) atoms. The first kappa shape index (κ1) is 10.8. The molecule has 0 radical (unpaired) electrons. The van der Waals surface area contributed by atoms with Gasteiger partial charge >= 0.3 is 0 Å². The Morgan fingerprint density at radius 2 is 1.82 bits per heavy atom. The summed E-state index contributed by atoms with van der Waals surface area (Å²) >= 11 is 0. The monoisotopic (exact) mass is 164 g/mol. The normalized spacial score (nSPS) is 37.4. The maximum Gasteiger partial charge on any atom is 0.0824 e. The maximum absolute atomic E-state index is 9.06. The van der Waals surface area contributed by atoms with Gasteiger partial charge in [-0.1, -0.05) is 0 Å². The molecule has 1 heterocycles. The molecule has 1 aliphatic heterocycles. The average Bonchev–Trinajstić information content (AvgIpc) is 2.02. The third-order valence-electron chi connectivity index (χ3n) is 1.61. The van der Waals surface area contributed by atoms with Crippen LogP contribution in [0.3, 0.4) is 0 Å². The zero-order chi connectivity index (χ0) is 8.85. The molecule has 0 aromatic heterocycles. The van der Waals surface area contributed by atoms with Gasteiger partial charge in [-0.25, -0.2) is 0 Å². The van der Waals surface area contributed by atoms with Gasteiger partial charge in [0.05, 0.1) is 24.9 Å². The van der Waals surface area contributed by atoms with Crippen molar-refractivity contribution in [3.05, 3.63) is 0 Å². The lowest BCUT2D eigenvalue weighted by atomic mass is 10.1. The van der Waals surface area contributed by atoms with Crippen LogP contribution in [0.1, 0.15) is 13.3 Å². The van der Waals surface area contributed by atoms with E-state index >= 15 is 0 Å². The van der Waals surface area contributed by atoms with Crippen molar-refractivity contribution < 1.29 is 20.1 Å². The quantitative estimate of drug-likeness (QED) is 0.435. The van der Waals surface area contributed by atoms with E-state index in [1.807, 2.05) is 0 Å². The maximum atomic E-state index is 9.06. The van der Waals surface area contributed by atoms with Crippen LogP contribution in [-0.2, 0) is 4.74 Å². The number of hydrogen-bond acceptors (Lipinski definition) is 4. The highest BCUT2D eigenvalue weighted by molar-refractivity contribution is 4.74. The summed E-state index contributed by atoms with van der Waals surface area (Å²) < 4.78 is 5.00. The van der Waals surface area contributed by atoms with Crippen molar-refractivity contribution in [3.8, 4) is 0 Å². The largest absolute Gasteiger partial charge is 0.400 e. The fourth-order valence-corrected chi connectivity index (χ4v) is 0.912. The van der Waals surface area contributed by atoms with Crippen molar-refractivity contribution in [2.24, 2.45) is 0 Å². The average molecular weight is 164 g/mol. The van der Waals surface area contributed by atoms with Gasteiger partial charge in [0.25, 0.3) is 0 Å². The van der Waals surface area contributed by atoms with Gasteiger partial charge in [0.15, 0.2) is 0 Å². The Balaban J connectivity index is 0.000000461. The second kappa shape index (κ2) is 5.49. The number of hydrogen-bond donors (Lipinski definition) is 3. The first-order valence-corrected chi connectivity index (χ1v) is 3.62. The van der Waals surface area contributed by atoms with Crippen molar-refractivity contribution in [1.29, 1.82) is 0 Å². The summed E-state index contributed by atoms with van der Waals surface area (Å²) in [5, 5.41) is 25.0. The van der Waals surface area contributed by atoms with Crippen molar-refractivity contribution in [3.63, 3.8) is 0 Å². The zero-order valence-corrected chi connectivity index (χ0v) is 6.90. The van der Waals surface area contributed by atoms with Crippen LogP contribution in [0.2, 0.25) is 0 Å². The van der Waals surface area contributed by atoms with Gasteiger partial charge in [0, 0.05) is 13.5 Å². The van der Waals surface area contributed by atoms with E-state index in [1.165, 1.54) is 0 Å². The molecule has 0 aliphatic carbocycles. The first-order chi connectivity index (χ1) is 5.20. The van der Waals surface area contributed by atoms with E-state index in [9.17, 15) is 0 Å². The second-order valence-electron chi connectivity index (χ2n) is 2.50. The Morgan fingerprint density at radius 1 is 1.27 bits per heavy atom. The van der Waals surface area contributed by atoms with Gasteiger partial charge in [0.1, 0.15) is 0 Å². The van der Waals surface area contributed by atoms with E-state index in [4.69, 9.17) is 20.1 Å². The molecular weight excluding hydrogens is 148 g/mol. The summed E-state index contributed by atoms with van der Waals surface area (Å²) in [4.78, 5) is 0. The Labute approximate surface area is 66.4 Å². The molecule has 1 rings (SSSR count). The zero-order valence-electron chi connectivity index (χ0n) is 6.90. The van der Waals surface area contributed by atoms with Gasteiger partial charge in [0.2, 0.25) is 0 Å². The lowest BCUT2D eigenvalue weighted by Gasteiger charge is -2.28. The van der Waals surface area contributed by atoms with E-state index in [0.717, 1.165) is 7.11 Å². The molecular formula is C7H16O4. The fraction of sp³-hybridized carbons (Fsp3) is 1.00. The predicted molar refractivity (Wildman–Crippen MR) is 40.2 cm³/mol. The summed E-state index contributed by atoms with van der Waals surface area (Å²) in [7, 11) is 1.00. The van der Waals surface area contributed by atoms with Crippen LogP contribution in [0.25, 0.3) is 0 Å². The minimum absolute atomic E-state index is 0.117. The second-order valence-corrected chi connectivity index (χ2v) is 2.50. The Morgan fingerprint density at radius 3 is 2.18 bits per heavy atom. The van der Waals surface area contributed by atoms with Gasteiger partial charge in [-0.2, -0.15) is 0 Å². The molecule has 0 amide bonds. The molecule has 1 fully saturated rings. The Hall–Kier alpha value is -0.160. The van der Waals surface area contributed by atoms with Crippen LogP contribution in [0.15, 0.2) is 0 Å². The molecule has 0 spiro atoms. The molecule has 0 saturated carbocycles. The number of rotatable bonds is 0. The van der Waals surface area contributed by atoms with Crippen LogP contribution in [0, 0.1) is 0 Å². The summed E-state index contributed by atoms with van der Waals surface area (Å²) in [6.45, 7) is 2.16. The third kappa shape index (κ3) is 3.67. The molecule has 68 valence electrons. The first-order valence-electron chi connectivity index (χ1n) is 3.62. The molecule has 0 unspecified atom stereocenters. The van der Waals surface area contributed by atoms with Crippen molar-refractivity contribution in [2.45, 2.75) is 31.7 Å².